The first kappa shape index (κ1) is 10.8. The summed E-state index contributed by atoms with van der Waals surface area (Å²) in [6, 6.07) is 6.21. The highest BCUT2D eigenvalue weighted by molar-refractivity contribution is 5.76. The van der Waals surface area contributed by atoms with Gasteiger partial charge in [0.15, 0.2) is 6.61 Å². The molecular weight excluding hydrogens is 200 g/mol. The highest BCUT2D eigenvalue weighted by Crippen LogP contribution is 2.12. The number of primary amides is 1. The molecule has 15 heavy (non-hydrogen) atoms. The zero-order chi connectivity index (χ0) is 11.3. The van der Waals surface area contributed by atoms with Gasteiger partial charge in [-0.25, -0.2) is 9.59 Å². The van der Waals surface area contributed by atoms with Gasteiger partial charge in [0, 0.05) is 5.69 Å². The number of rotatable bonds is 3. The third kappa shape index (κ3) is 3.99. The fourth-order valence-electron chi connectivity index (χ4n) is 0.827. The van der Waals surface area contributed by atoms with Crippen molar-refractivity contribution in [3.63, 3.8) is 0 Å². The van der Waals surface area contributed by atoms with Crippen molar-refractivity contribution in [3.05, 3.63) is 24.3 Å². The molecule has 0 saturated heterocycles. The monoisotopic (exact) mass is 210 g/mol. The molecule has 1 amide bonds. The molecule has 6 nitrogen and oxygen atoms in total. The van der Waals surface area contributed by atoms with E-state index in [1.807, 2.05) is 0 Å². The van der Waals surface area contributed by atoms with Crippen LogP contribution >= 0.6 is 0 Å². The molecule has 0 aliphatic carbocycles. The van der Waals surface area contributed by atoms with E-state index in [2.05, 4.69) is 10.5 Å². The number of nitrogens with two attached hydrogens (primary N) is 2. The number of nitrogen functional groups attached to an aromatic ring is 1. The molecule has 0 atom stereocenters. The van der Waals surface area contributed by atoms with Crippen LogP contribution in [0.5, 0.6) is 5.75 Å². The van der Waals surface area contributed by atoms with E-state index in [0.717, 1.165) is 0 Å². The van der Waals surface area contributed by atoms with Crippen LogP contribution in [0.4, 0.5) is 10.5 Å². The Morgan fingerprint density at radius 1 is 1.20 bits per heavy atom. The first-order valence-corrected chi connectivity index (χ1v) is 4.06. The maximum atomic E-state index is 11.0. The van der Waals surface area contributed by atoms with Crippen LogP contribution in [0.15, 0.2) is 24.3 Å². The molecule has 0 bridgehead atoms. The van der Waals surface area contributed by atoms with E-state index in [1.54, 1.807) is 12.1 Å². The fourth-order valence-corrected chi connectivity index (χ4v) is 0.827. The SMILES string of the molecule is NC(=O)OCC(=O)Oc1ccc(N)cc1. The predicted molar refractivity (Wildman–Crippen MR) is 52.0 cm³/mol. The molecule has 0 spiro atoms. The lowest BCUT2D eigenvalue weighted by atomic mass is 10.3. The molecule has 0 unspecified atom stereocenters. The van der Waals surface area contributed by atoms with Gasteiger partial charge in [0.2, 0.25) is 0 Å². The number of ether oxygens (including phenoxy) is 2. The van der Waals surface area contributed by atoms with Crippen molar-refractivity contribution < 1.29 is 19.1 Å². The summed E-state index contributed by atoms with van der Waals surface area (Å²) in [6.07, 6.45) is -1.02. The van der Waals surface area contributed by atoms with Gasteiger partial charge in [-0.1, -0.05) is 0 Å². The van der Waals surface area contributed by atoms with E-state index in [1.165, 1.54) is 12.1 Å². The van der Waals surface area contributed by atoms with Crippen LogP contribution in [0, 0.1) is 0 Å². The van der Waals surface area contributed by atoms with Crippen LogP contribution in [0.3, 0.4) is 0 Å². The van der Waals surface area contributed by atoms with Crippen molar-refractivity contribution in [2.75, 3.05) is 12.3 Å². The van der Waals surface area contributed by atoms with Gasteiger partial charge in [0.25, 0.3) is 0 Å². The maximum Gasteiger partial charge on any atom is 0.405 e. The number of hydrogen-bond acceptors (Lipinski definition) is 5. The van der Waals surface area contributed by atoms with Crippen molar-refractivity contribution in [2.45, 2.75) is 0 Å². The highest BCUT2D eigenvalue weighted by Gasteiger charge is 2.06. The van der Waals surface area contributed by atoms with Gasteiger partial charge in [-0.3, -0.25) is 0 Å². The molecule has 0 heterocycles. The van der Waals surface area contributed by atoms with Crippen LogP contribution in [-0.4, -0.2) is 18.7 Å². The second-order valence-electron chi connectivity index (χ2n) is 2.65. The topological polar surface area (TPSA) is 105 Å². The predicted octanol–water partition coefficient (Wildman–Crippen LogP) is 0.269. The molecule has 1 aromatic carbocycles. The maximum absolute atomic E-state index is 11.0. The largest absolute Gasteiger partial charge is 0.438 e. The number of amides is 1. The van der Waals surface area contributed by atoms with Crippen molar-refractivity contribution in [1.29, 1.82) is 0 Å². The number of carbonyl (C=O) groups is 2. The van der Waals surface area contributed by atoms with E-state index in [9.17, 15) is 9.59 Å². The van der Waals surface area contributed by atoms with E-state index in [4.69, 9.17) is 10.5 Å². The Morgan fingerprint density at radius 3 is 2.33 bits per heavy atom. The first-order valence-electron chi connectivity index (χ1n) is 4.06. The van der Waals surface area contributed by atoms with E-state index in [0.29, 0.717) is 11.4 Å². The minimum absolute atomic E-state index is 0.322. The summed E-state index contributed by atoms with van der Waals surface area (Å²) in [7, 11) is 0. The molecular formula is C9H10N2O4. The molecule has 4 N–H and O–H groups in total. The van der Waals surface area contributed by atoms with Crippen LogP contribution in [0.1, 0.15) is 0 Å². The molecule has 0 aromatic heterocycles. The van der Waals surface area contributed by atoms with Gasteiger partial charge >= 0.3 is 12.1 Å². The molecule has 80 valence electrons. The molecule has 0 saturated carbocycles. The minimum atomic E-state index is -1.02. The summed E-state index contributed by atoms with van der Waals surface area (Å²) in [5, 5.41) is 0. The van der Waals surface area contributed by atoms with Gasteiger partial charge in [0.05, 0.1) is 0 Å². The average Bonchev–Trinajstić information content (AvgIpc) is 2.19. The van der Waals surface area contributed by atoms with Crippen molar-refractivity contribution >= 4 is 17.7 Å². The first-order chi connectivity index (χ1) is 7.08. The van der Waals surface area contributed by atoms with Crippen LogP contribution in [0.25, 0.3) is 0 Å². The number of hydrogen-bond donors (Lipinski definition) is 2. The minimum Gasteiger partial charge on any atom is -0.438 e. The van der Waals surface area contributed by atoms with Gasteiger partial charge in [0.1, 0.15) is 5.75 Å². The van der Waals surface area contributed by atoms with Gasteiger partial charge in [-0.05, 0) is 24.3 Å². The summed E-state index contributed by atoms with van der Waals surface area (Å²) in [5.41, 5.74) is 10.7. The Hall–Kier alpha value is -2.24. The molecule has 1 aromatic rings. The molecule has 0 radical (unpaired) electrons. The molecule has 0 aliphatic heterocycles. The lowest BCUT2D eigenvalue weighted by molar-refractivity contribution is -0.137. The Kier molecular flexibility index (Phi) is 3.50. The molecule has 0 aliphatic rings. The van der Waals surface area contributed by atoms with Gasteiger partial charge < -0.3 is 20.9 Å². The lowest BCUT2D eigenvalue weighted by Gasteiger charge is -2.03. The molecule has 1 rings (SSSR count). The van der Waals surface area contributed by atoms with Gasteiger partial charge in [-0.2, -0.15) is 0 Å². The average molecular weight is 210 g/mol. The Morgan fingerprint density at radius 2 is 1.80 bits per heavy atom. The Balaban J connectivity index is 2.44. The normalized spacial score (nSPS) is 9.33. The number of carbonyl (C=O) groups excluding carboxylic acids is 2. The van der Waals surface area contributed by atoms with Crippen LogP contribution < -0.4 is 16.2 Å². The zero-order valence-corrected chi connectivity index (χ0v) is 7.80. The third-order valence-corrected chi connectivity index (χ3v) is 1.44. The quantitative estimate of drug-likeness (QED) is 0.423. The number of esters is 1. The standard InChI is InChI=1S/C9H10N2O4/c10-6-1-3-7(4-2-6)15-8(12)5-14-9(11)13/h1-4H,5,10H2,(H2,11,13). The van der Waals surface area contributed by atoms with Gasteiger partial charge in [-0.15, -0.1) is 0 Å². The molecule has 0 fully saturated rings. The summed E-state index contributed by atoms with van der Waals surface area (Å²) in [6.45, 7) is -0.514. The van der Waals surface area contributed by atoms with Crippen molar-refractivity contribution in [3.8, 4) is 5.75 Å². The summed E-state index contributed by atoms with van der Waals surface area (Å²) in [5.74, 6) is -0.388. The fraction of sp³-hybridized carbons (Fsp3) is 0.111. The number of anilines is 1. The summed E-state index contributed by atoms with van der Waals surface area (Å²) in [4.78, 5) is 21.2. The highest BCUT2D eigenvalue weighted by atomic mass is 16.6. The van der Waals surface area contributed by atoms with Crippen molar-refractivity contribution in [2.24, 2.45) is 5.73 Å². The van der Waals surface area contributed by atoms with E-state index >= 15 is 0 Å². The van der Waals surface area contributed by atoms with E-state index in [-0.39, 0.29) is 0 Å². The molecule has 6 heteroatoms. The number of benzene rings is 1. The third-order valence-electron chi connectivity index (χ3n) is 1.44. The second kappa shape index (κ2) is 4.85. The summed E-state index contributed by atoms with van der Waals surface area (Å²) >= 11 is 0. The lowest BCUT2D eigenvalue weighted by Crippen LogP contribution is -2.22. The van der Waals surface area contributed by atoms with E-state index < -0.39 is 18.7 Å². The zero-order valence-electron chi connectivity index (χ0n) is 7.80. The smallest absolute Gasteiger partial charge is 0.405 e. The van der Waals surface area contributed by atoms with Crippen LogP contribution in [-0.2, 0) is 9.53 Å². The van der Waals surface area contributed by atoms with Crippen LogP contribution in [0.2, 0.25) is 0 Å². The second-order valence-corrected chi connectivity index (χ2v) is 2.65. The Labute approximate surface area is 85.8 Å². The summed E-state index contributed by atoms with van der Waals surface area (Å²) < 4.78 is 9.03. The van der Waals surface area contributed by atoms with Crippen molar-refractivity contribution in [1.82, 2.24) is 0 Å². The Bertz CT molecular complexity index is 361.